The van der Waals surface area contributed by atoms with Crippen LogP contribution in [0.1, 0.15) is 49.1 Å². The van der Waals surface area contributed by atoms with Gasteiger partial charge in [-0.1, -0.05) is 6.07 Å². The summed E-state index contributed by atoms with van der Waals surface area (Å²) in [6.45, 7) is 2.15. The number of aryl methyl sites for hydroxylation is 1. The summed E-state index contributed by atoms with van der Waals surface area (Å²) in [6.07, 6.45) is 7.06. The third-order valence-corrected chi connectivity index (χ3v) is 6.04. The summed E-state index contributed by atoms with van der Waals surface area (Å²) in [7, 11) is 0. The second kappa shape index (κ2) is 3.91. The minimum Gasteiger partial charge on any atom is -0.506 e. The first kappa shape index (κ1) is 11.6. The molecule has 4 aliphatic carbocycles. The Labute approximate surface area is 115 Å². The van der Waals surface area contributed by atoms with Crippen molar-refractivity contribution in [2.75, 3.05) is 5.73 Å². The van der Waals surface area contributed by atoms with Crippen LogP contribution in [0.3, 0.4) is 0 Å². The van der Waals surface area contributed by atoms with Gasteiger partial charge in [0, 0.05) is 0 Å². The molecule has 1 aromatic rings. The van der Waals surface area contributed by atoms with Crippen molar-refractivity contribution >= 4 is 5.69 Å². The van der Waals surface area contributed by atoms with Crippen molar-refractivity contribution in [2.45, 2.75) is 44.9 Å². The normalized spacial score (nSPS) is 39.7. The first-order chi connectivity index (χ1) is 9.13. The number of anilines is 1. The topological polar surface area (TPSA) is 46.2 Å². The van der Waals surface area contributed by atoms with Gasteiger partial charge in [0.25, 0.3) is 0 Å². The fourth-order valence-electron chi connectivity index (χ4n) is 5.57. The molecule has 0 saturated heterocycles. The smallest absolute Gasteiger partial charge is 0.138 e. The van der Waals surface area contributed by atoms with E-state index in [4.69, 9.17) is 5.73 Å². The van der Waals surface area contributed by atoms with Crippen molar-refractivity contribution in [2.24, 2.45) is 23.7 Å². The van der Waals surface area contributed by atoms with Gasteiger partial charge in [0.05, 0.1) is 5.69 Å². The molecule has 0 atom stereocenters. The lowest BCUT2D eigenvalue weighted by Gasteiger charge is -2.55. The molecule has 4 fully saturated rings. The van der Waals surface area contributed by atoms with Crippen molar-refractivity contribution in [3.8, 4) is 5.75 Å². The highest BCUT2D eigenvalue weighted by atomic mass is 16.3. The van der Waals surface area contributed by atoms with Crippen LogP contribution in [0.2, 0.25) is 0 Å². The molecular formula is C17H23NO. The minimum atomic E-state index is 0.273. The van der Waals surface area contributed by atoms with E-state index in [1.165, 1.54) is 43.2 Å². The highest BCUT2D eigenvalue weighted by molar-refractivity contribution is 5.62. The maximum Gasteiger partial charge on any atom is 0.138 e. The molecule has 0 heterocycles. The van der Waals surface area contributed by atoms with Crippen molar-refractivity contribution in [1.29, 1.82) is 0 Å². The van der Waals surface area contributed by atoms with Crippen molar-refractivity contribution < 1.29 is 5.11 Å². The van der Waals surface area contributed by atoms with Gasteiger partial charge in [-0.2, -0.15) is 0 Å². The number of nitrogen functional groups attached to an aromatic ring is 1. The molecule has 5 rings (SSSR count). The Morgan fingerprint density at radius 2 is 1.58 bits per heavy atom. The van der Waals surface area contributed by atoms with Crippen LogP contribution in [-0.4, -0.2) is 5.11 Å². The van der Waals surface area contributed by atoms with E-state index in [2.05, 4.69) is 6.92 Å². The SMILES string of the molecule is Cc1ccc(O)c(N)c1C1C2CC3CC(C2)CC1C3. The quantitative estimate of drug-likeness (QED) is 0.593. The molecule has 19 heavy (non-hydrogen) atoms. The number of nitrogens with two attached hydrogens (primary N) is 1. The molecule has 1 aromatic carbocycles. The Morgan fingerprint density at radius 3 is 2.16 bits per heavy atom. The molecule has 4 bridgehead atoms. The van der Waals surface area contributed by atoms with E-state index in [0.29, 0.717) is 11.6 Å². The summed E-state index contributed by atoms with van der Waals surface area (Å²) in [5.41, 5.74) is 9.41. The summed E-state index contributed by atoms with van der Waals surface area (Å²) in [6, 6.07) is 3.77. The van der Waals surface area contributed by atoms with Crippen molar-refractivity contribution in [3.05, 3.63) is 23.3 Å². The highest BCUT2D eigenvalue weighted by Gasteiger charge is 2.49. The van der Waals surface area contributed by atoms with E-state index < -0.39 is 0 Å². The lowest BCUT2D eigenvalue weighted by atomic mass is 9.50. The van der Waals surface area contributed by atoms with Gasteiger partial charge in [-0.05, 0) is 85.8 Å². The van der Waals surface area contributed by atoms with Crippen LogP contribution in [-0.2, 0) is 0 Å². The number of phenolic OH excluding ortho intramolecular Hbond substituents is 1. The zero-order chi connectivity index (χ0) is 13.1. The standard InChI is InChI=1S/C17H23NO/c1-9-2-3-14(19)17(18)15(9)16-12-5-10-4-11(7-12)8-13(16)6-10/h2-3,10-13,16,19H,4-8,18H2,1H3. The van der Waals surface area contributed by atoms with Gasteiger partial charge in [0.15, 0.2) is 0 Å². The lowest BCUT2D eigenvalue weighted by Crippen LogP contribution is -2.44. The second-order valence-corrected chi connectivity index (χ2v) is 7.19. The van der Waals surface area contributed by atoms with Crippen molar-refractivity contribution in [1.82, 2.24) is 0 Å². The largest absolute Gasteiger partial charge is 0.506 e. The van der Waals surface area contributed by atoms with E-state index in [0.717, 1.165) is 23.7 Å². The molecule has 0 aromatic heterocycles. The average Bonchev–Trinajstić information content (AvgIpc) is 2.36. The summed E-state index contributed by atoms with van der Waals surface area (Å²) in [4.78, 5) is 0. The van der Waals surface area contributed by atoms with Crippen LogP contribution >= 0.6 is 0 Å². The van der Waals surface area contributed by atoms with Crippen molar-refractivity contribution in [3.63, 3.8) is 0 Å². The second-order valence-electron chi connectivity index (χ2n) is 7.19. The highest BCUT2D eigenvalue weighted by Crippen LogP contribution is 2.61. The molecule has 2 heteroatoms. The number of phenols is 1. The fraction of sp³-hybridized carbons (Fsp3) is 0.647. The molecule has 4 saturated carbocycles. The summed E-state index contributed by atoms with van der Waals surface area (Å²) in [5.74, 6) is 4.49. The van der Waals surface area contributed by atoms with E-state index in [-0.39, 0.29) is 5.75 Å². The van der Waals surface area contributed by atoms with Gasteiger partial charge in [-0.15, -0.1) is 0 Å². The molecule has 0 aliphatic heterocycles. The van der Waals surface area contributed by atoms with Gasteiger partial charge in [-0.25, -0.2) is 0 Å². The Morgan fingerprint density at radius 1 is 1.00 bits per heavy atom. The van der Waals surface area contributed by atoms with Crippen LogP contribution < -0.4 is 5.73 Å². The van der Waals surface area contributed by atoms with E-state index in [1.807, 2.05) is 6.07 Å². The first-order valence-corrected chi connectivity index (χ1v) is 7.71. The number of hydrogen-bond donors (Lipinski definition) is 2. The van der Waals surface area contributed by atoms with Gasteiger partial charge in [-0.3, -0.25) is 0 Å². The molecule has 0 radical (unpaired) electrons. The third-order valence-electron chi connectivity index (χ3n) is 6.04. The summed E-state index contributed by atoms with van der Waals surface area (Å²) >= 11 is 0. The van der Waals surface area contributed by atoms with Crippen LogP contribution in [0, 0.1) is 30.6 Å². The zero-order valence-electron chi connectivity index (χ0n) is 11.6. The lowest BCUT2D eigenvalue weighted by molar-refractivity contribution is -0.00278. The van der Waals surface area contributed by atoms with Crippen LogP contribution in [0.25, 0.3) is 0 Å². The van der Waals surface area contributed by atoms with E-state index >= 15 is 0 Å². The predicted molar refractivity (Wildman–Crippen MR) is 77.0 cm³/mol. The van der Waals surface area contributed by atoms with Gasteiger partial charge in [0.1, 0.15) is 5.75 Å². The maximum absolute atomic E-state index is 9.95. The average molecular weight is 257 g/mol. The zero-order valence-corrected chi connectivity index (χ0v) is 11.6. The first-order valence-electron chi connectivity index (χ1n) is 7.71. The number of benzene rings is 1. The summed E-state index contributed by atoms with van der Waals surface area (Å²) in [5, 5.41) is 9.95. The summed E-state index contributed by atoms with van der Waals surface area (Å²) < 4.78 is 0. The molecule has 4 aliphatic rings. The molecule has 0 unspecified atom stereocenters. The van der Waals surface area contributed by atoms with Gasteiger partial charge in [0.2, 0.25) is 0 Å². The van der Waals surface area contributed by atoms with Crippen LogP contribution in [0.15, 0.2) is 12.1 Å². The molecule has 2 nitrogen and oxygen atoms in total. The molecule has 3 N–H and O–H groups in total. The Hall–Kier alpha value is -1.18. The maximum atomic E-state index is 9.95. The molecular weight excluding hydrogens is 234 g/mol. The van der Waals surface area contributed by atoms with Gasteiger partial charge < -0.3 is 10.8 Å². The number of aromatic hydroxyl groups is 1. The molecule has 0 amide bonds. The van der Waals surface area contributed by atoms with Crippen LogP contribution in [0.5, 0.6) is 5.75 Å². The third kappa shape index (κ3) is 1.62. The number of hydrogen-bond acceptors (Lipinski definition) is 2. The predicted octanol–water partition coefficient (Wildman–Crippen LogP) is 3.82. The Balaban J connectivity index is 1.79. The Bertz CT molecular complexity index is 494. The van der Waals surface area contributed by atoms with Gasteiger partial charge >= 0.3 is 0 Å². The monoisotopic (exact) mass is 257 g/mol. The number of rotatable bonds is 1. The molecule has 102 valence electrons. The van der Waals surface area contributed by atoms with Crippen LogP contribution in [0.4, 0.5) is 5.69 Å². The Kier molecular flexibility index (Phi) is 2.39. The van der Waals surface area contributed by atoms with E-state index in [9.17, 15) is 5.11 Å². The minimum absolute atomic E-state index is 0.273. The molecule has 0 spiro atoms. The fourth-order valence-corrected chi connectivity index (χ4v) is 5.57. The van der Waals surface area contributed by atoms with E-state index in [1.54, 1.807) is 6.07 Å².